The monoisotopic (exact) mass is 299 g/mol. The van der Waals surface area contributed by atoms with Gasteiger partial charge in [0.2, 0.25) is 5.91 Å². The summed E-state index contributed by atoms with van der Waals surface area (Å²) in [4.78, 5) is 34.8. The van der Waals surface area contributed by atoms with Gasteiger partial charge in [0.15, 0.2) is 0 Å². The number of carboxylic acids is 1. The summed E-state index contributed by atoms with van der Waals surface area (Å²) in [6.45, 7) is 5.24. The molecule has 0 aromatic carbocycles. The highest BCUT2D eigenvalue weighted by atomic mass is 32.1. The fourth-order valence-electron chi connectivity index (χ4n) is 1.64. The van der Waals surface area contributed by atoms with Crippen LogP contribution in [0.5, 0.6) is 0 Å². The summed E-state index contributed by atoms with van der Waals surface area (Å²) >= 11 is 1.16. The van der Waals surface area contributed by atoms with Gasteiger partial charge in [-0.1, -0.05) is 13.8 Å². The van der Waals surface area contributed by atoms with E-state index in [-0.39, 0.29) is 16.5 Å². The van der Waals surface area contributed by atoms with Crippen LogP contribution < -0.4 is 16.4 Å². The number of carbonyl (C=O) groups excluding carboxylic acids is 2. The number of hydrogen-bond donors (Lipinski definition) is 4. The zero-order chi connectivity index (χ0) is 15.4. The van der Waals surface area contributed by atoms with Gasteiger partial charge in [0, 0.05) is 4.88 Å². The van der Waals surface area contributed by atoms with Crippen LogP contribution in [0.15, 0.2) is 6.07 Å². The second-order valence-corrected chi connectivity index (χ2v) is 5.88. The number of carboxylic acid groups (broad SMARTS) is 1. The van der Waals surface area contributed by atoms with E-state index in [9.17, 15) is 14.4 Å². The van der Waals surface area contributed by atoms with E-state index >= 15 is 0 Å². The molecule has 1 aromatic heterocycles. The maximum Gasteiger partial charge on any atom is 0.338 e. The molecule has 0 aliphatic heterocycles. The predicted molar refractivity (Wildman–Crippen MR) is 76.0 cm³/mol. The molecule has 0 saturated heterocycles. The van der Waals surface area contributed by atoms with Crippen molar-refractivity contribution < 1.29 is 19.5 Å². The molecule has 0 saturated carbocycles. The molecule has 0 fully saturated rings. The lowest BCUT2D eigenvalue weighted by Gasteiger charge is -2.20. The molecule has 7 nitrogen and oxygen atoms in total. The molecular weight excluding hydrogens is 282 g/mol. The maximum absolute atomic E-state index is 12.1. The van der Waals surface area contributed by atoms with Crippen LogP contribution in [0.2, 0.25) is 0 Å². The summed E-state index contributed by atoms with van der Waals surface area (Å²) < 4.78 is 0. The Balaban J connectivity index is 2.93. The number of carbonyl (C=O) groups is 3. The third-order valence-corrected chi connectivity index (χ3v) is 3.54. The standard InChI is InChI=1S/C12H17N3O4S/c1-5(2)8(14-12(13)19)9(16)15-10-7(11(17)18)4-6(3)20-10/h4-5,8H,1-3H3,(H,15,16)(H,17,18)(H3,13,14,19). The molecule has 0 bridgehead atoms. The molecule has 110 valence electrons. The van der Waals surface area contributed by atoms with Gasteiger partial charge >= 0.3 is 12.0 Å². The van der Waals surface area contributed by atoms with Gasteiger partial charge in [0.25, 0.3) is 0 Å². The summed E-state index contributed by atoms with van der Waals surface area (Å²) in [6, 6.07) is -0.148. The normalized spacial score (nSPS) is 12.0. The zero-order valence-electron chi connectivity index (χ0n) is 11.4. The first kappa shape index (κ1) is 16.0. The topological polar surface area (TPSA) is 122 Å². The number of primary amides is 1. The number of aromatic carboxylic acids is 1. The van der Waals surface area contributed by atoms with Gasteiger partial charge < -0.3 is 21.5 Å². The highest BCUT2D eigenvalue weighted by molar-refractivity contribution is 7.16. The van der Waals surface area contributed by atoms with Gasteiger partial charge in [-0.25, -0.2) is 9.59 Å². The third-order valence-electron chi connectivity index (χ3n) is 2.57. The van der Waals surface area contributed by atoms with Crippen molar-refractivity contribution in [2.24, 2.45) is 11.7 Å². The quantitative estimate of drug-likeness (QED) is 0.656. The summed E-state index contributed by atoms with van der Waals surface area (Å²) in [5, 5.41) is 14.2. The van der Waals surface area contributed by atoms with Crippen molar-refractivity contribution in [2.45, 2.75) is 26.8 Å². The van der Waals surface area contributed by atoms with Crippen LogP contribution in [-0.2, 0) is 4.79 Å². The molecular formula is C12H17N3O4S. The summed E-state index contributed by atoms with van der Waals surface area (Å²) in [5.74, 6) is -1.80. The first-order valence-corrected chi connectivity index (χ1v) is 6.74. The molecule has 8 heteroatoms. The summed E-state index contributed by atoms with van der Waals surface area (Å²) in [6.07, 6.45) is 0. The van der Waals surface area contributed by atoms with Gasteiger partial charge in [-0.05, 0) is 18.9 Å². The first-order chi connectivity index (χ1) is 9.22. The fourth-order valence-corrected chi connectivity index (χ4v) is 2.55. The molecule has 1 rings (SSSR count). The molecule has 5 N–H and O–H groups in total. The smallest absolute Gasteiger partial charge is 0.338 e. The SMILES string of the molecule is Cc1cc(C(=O)O)c(NC(=O)C(NC(N)=O)C(C)C)s1. The average Bonchev–Trinajstić information content (AvgIpc) is 2.66. The van der Waals surface area contributed by atoms with Crippen molar-refractivity contribution in [1.82, 2.24) is 5.32 Å². The van der Waals surface area contributed by atoms with Crippen LogP contribution in [0.1, 0.15) is 29.1 Å². The highest BCUT2D eigenvalue weighted by Gasteiger charge is 2.25. The van der Waals surface area contributed by atoms with Crippen molar-refractivity contribution in [3.05, 3.63) is 16.5 Å². The Morgan fingerprint density at radius 2 is 1.95 bits per heavy atom. The second kappa shape index (κ2) is 6.38. The van der Waals surface area contributed by atoms with Gasteiger partial charge in [-0.15, -0.1) is 11.3 Å². The second-order valence-electron chi connectivity index (χ2n) is 4.62. The van der Waals surface area contributed by atoms with E-state index in [1.165, 1.54) is 6.07 Å². The third kappa shape index (κ3) is 3.95. The lowest BCUT2D eigenvalue weighted by molar-refractivity contribution is -0.118. The van der Waals surface area contributed by atoms with Crippen LogP contribution in [-0.4, -0.2) is 29.1 Å². The Labute approximate surface area is 120 Å². The van der Waals surface area contributed by atoms with E-state index < -0.39 is 23.9 Å². The van der Waals surface area contributed by atoms with Crippen LogP contribution in [0, 0.1) is 12.8 Å². The number of thiophene rings is 1. The lowest BCUT2D eigenvalue weighted by Crippen LogP contribution is -2.49. The summed E-state index contributed by atoms with van der Waals surface area (Å²) in [7, 11) is 0. The zero-order valence-corrected chi connectivity index (χ0v) is 12.2. The average molecular weight is 299 g/mol. The lowest BCUT2D eigenvalue weighted by atomic mass is 10.0. The minimum atomic E-state index is -1.12. The molecule has 20 heavy (non-hydrogen) atoms. The molecule has 0 radical (unpaired) electrons. The van der Waals surface area contributed by atoms with Crippen molar-refractivity contribution in [2.75, 3.05) is 5.32 Å². The van der Waals surface area contributed by atoms with Crippen molar-refractivity contribution in [1.29, 1.82) is 0 Å². The van der Waals surface area contributed by atoms with E-state index in [0.717, 1.165) is 16.2 Å². The number of hydrogen-bond acceptors (Lipinski definition) is 4. The van der Waals surface area contributed by atoms with Crippen LogP contribution in [0.3, 0.4) is 0 Å². The highest BCUT2D eigenvalue weighted by Crippen LogP contribution is 2.27. The molecule has 1 heterocycles. The fraction of sp³-hybridized carbons (Fsp3) is 0.417. The Kier molecular flexibility index (Phi) is 5.09. The molecule has 1 unspecified atom stereocenters. The number of nitrogens with one attached hydrogen (secondary N) is 2. The van der Waals surface area contributed by atoms with Crippen LogP contribution >= 0.6 is 11.3 Å². The first-order valence-electron chi connectivity index (χ1n) is 5.93. The van der Waals surface area contributed by atoms with Crippen LogP contribution in [0.25, 0.3) is 0 Å². The number of nitrogens with two attached hydrogens (primary N) is 1. The maximum atomic E-state index is 12.1. The number of aryl methyl sites for hydroxylation is 1. The minimum Gasteiger partial charge on any atom is -0.478 e. The molecule has 3 amide bonds. The Hall–Kier alpha value is -2.09. The van der Waals surface area contributed by atoms with Crippen molar-refractivity contribution in [3.63, 3.8) is 0 Å². The summed E-state index contributed by atoms with van der Waals surface area (Å²) in [5.41, 5.74) is 5.05. The Morgan fingerprint density at radius 3 is 2.40 bits per heavy atom. The van der Waals surface area contributed by atoms with E-state index in [0.29, 0.717) is 0 Å². The van der Waals surface area contributed by atoms with E-state index in [1.54, 1.807) is 20.8 Å². The van der Waals surface area contributed by atoms with Gasteiger partial charge in [0.05, 0.1) is 5.56 Å². The number of urea groups is 1. The molecule has 1 atom stereocenters. The van der Waals surface area contributed by atoms with Crippen molar-refractivity contribution in [3.8, 4) is 0 Å². The number of rotatable bonds is 5. The van der Waals surface area contributed by atoms with Gasteiger partial charge in [-0.2, -0.15) is 0 Å². The van der Waals surface area contributed by atoms with Crippen molar-refractivity contribution >= 4 is 34.2 Å². The molecule has 1 aromatic rings. The largest absolute Gasteiger partial charge is 0.478 e. The predicted octanol–water partition coefficient (Wildman–Crippen LogP) is 1.39. The Morgan fingerprint density at radius 1 is 1.35 bits per heavy atom. The van der Waals surface area contributed by atoms with E-state index in [2.05, 4.69) is 10.6 Å². The molecule has 0 spiro atoms. The van der Waals surface area contributed by atoms with Gasteiger partial charge in [0.1, 0.15) is 11.0 Å². The minimum absolute atomic E-state index is 0.0300. The molecule has 0 aliphatic carbocycles. The number of anilines is 1. The van der Waals surface area contributed by atoms with Gasteiger partial charge in [-0.3, -0.25) is 4.79 Å². The van der Waals surface area contributed by atoms with E-state index in [1.807, 2.05) is 0 Å². The molecule has 0 aliphatic rings. The van der Waals surface area contributed by atoms with E-state index in [4.69, 9.17) is 10.8 Å². The number of amides is 3. The van der Waals surface area contributed by atoms with Crippen LogP contribution in [0.4, 0.5) is 9.80 Å². The Bertz CT molecular complexity index is 539.